The van der Waals surface area contributed by atoms with Crippen molar-refractivity contribution < 1.29 is 14.3 Å². The van der Waals surface area contributed by atoms with Gasteiger partial charge in [-0.15, -0.1) is 0 Å². The second-order valence-electron chi connectivity index (χ2n) is 6.51. The van der Waals surface area contributed by atoms with E-state index in [9.17, 15) is 4.79 Å². The Bertz CT molecular complexity index is 471. The lowest BCUT2D eigenvalue weighted by molar-refractivity contribution is -0.158. The molecule has 0 saturated heterocycles. The van der Waals surface area contributed by atoms with Gasteiger partial charge < -0.3 is 9.47 Å². The van der Waals surface area contributed by atoms with Crippen LogP contribution in [0.5, 0.6) is 0 Å². The molecule has 0 radical (unpaired) electrons. The molecule has 0 spiro atoms. The van der Waals surface area contributed by atoms with Crippen molar-refractivity contribution in [2.45, 2.75) is 46.3 Å². The van der Waals surface area contributed by atoms with Gasteiger partial charge in [0, 0.05) is 0 Å². The van der Waals surface area contributed by atoms with E-state index in [1.54, 1.807) is 0 Å². The van der Waals surface area contributed by atoms with Gasteiger partial charge >= 0.3 is 5.97 Å². The van der Waals surface area contributed by atoms with E-state index < -0.39 is 0 Å². The van der Waals surface area contributed by atoms with Gasteiger partial charge in [-0.25, -0.2) is 0 Å². The van der Waals surface area contributed by atoms with Gasteiger partial charge in [-0.05, 0) is 29.7 Å². The van der Waals surface area contributed by atoms with E-state index in [1.165, 1.54) is 12.7 Å². The first-order valence-electron chi connectivity index (χ1n) is 8.31. The summed E-state index contributed by atoms with van der Waals surface area (Å²) in [6.07, 6.45) is 2.09. The average Bonchev–Trinajstić information content (AvgIpc) is 2.55. The molecule has 0 bridgehead atoms. The molecule has 0 heterocycles. The van der Waals surface area contributed by atoms with Crippen molar-refractivity contribution in [1.82, 2.24) is 0 Å². The Morgan fingerprint density at radius 1 is 1.18 bits per heavy atom. The van der Waals surface area contributed by atoms with Crippen LogP contribution in [0.4, 0.5) is 0 Å². The summed E-state index contributed by atoms with van der Waals surface area (Å²) in [6.45, 7) is 7.18. The number of esters is 1. The van der Waals surface area contributed by atoms with Crippen LogP contribution in [0.15, 0.2) is 30.3 Å². The van der Waals surface area contributed by atoms with E-state index in [4.69, 9.17) is 9.47 Å². The van der Waals surface area contributed by atoms with Crippen molar-refractivity contribution in [3.05, 3.63) is 35.9 Å². The summed E-state index contributed by atoms with van der Waals surface area (Å²) in [6, 6.07) is 10.2. The highest BCUT2D eigenvalue weighted by Crippen LogP contribution is 2.41. The lowest BCUT2D eigenvalue weighted by Crippen LogP contribution is -2.45. The largest absolute Gasteiger partial charge is 0.469 e. The van der Waals surface area contributed by atoms with Crippen molar-refractivity contribution in [1.29, 1.82) is 0 Å². The van der Waals surface area contributed by atoms with Crippen molar-refractivity contribution in [3.63, 3.8) is 0 Å². The lowest BCUT2D eigenvalue weighted by Gasteiger charge is -2.43. The fourth-order valence-corrected chi connectivity index (χ4v) is 3.80. The second kappa shape index (κ2) is 7.77. The summed E-state index contributed by atoms with van der Waals surface area (Å²) >= 11 is 0. The van der Waals surface area contributed by atoms with Gasteiger partial charge in [-0.3, -0.25) is 4.79 Å². The number of carbonyl (C=O) groups excluding carboxylic acids is 1. The normalized spacial score (nSPS) is 31.7. The van der Waals surface area contributed by atoms with Crippen LogP contribution in [0.2, 0.25) is 0 Å². The van der Waals surface area contributed by atoms with Gasteiger partial charge in [-0.2, -0.15) is 0 Å². The molecule has 0 aliphatic heterocycles. The third kappa shape index (κ3) is 3.70. The van der Waals surface area contributed by atoms with E-state index in [1.807, 2.05) is 18.2 Å². The molecule has 3 heteroatoms. The molecule has 22 heavy (non-hydrogen) atoms. The van der Waals surface area contributed by atoms with E-state index in [0.29, 0.717) is 18.4 Å². The topological polar surface area (TPSA) is 35.5 Å². The molecule has 122 valence electrons. The lowest BCUT2D eigenvalue weighted by atomic mass is 9.66. The van der Waals surface area contributed by atoms with Crippen LogP contribution in [-0.2, 0) is 20.9 Å². The molecule has 0 amide bonds. The van der Waals surface area contributed by atoms with Gasteiger partial charge in [0.1, 0.15) is 0 Å². The van der Waals surface area contributed by atoms with Crippen molar-refractivity contribution in [3.8, 4) is 0 Å². The Morgan fingerprint density at radius 3 is 2.45 bits per heavy atom. The number of ether oxygens (including phenoxy) is 2. The molecule has 1 aliphatic rings. The highest BCUT2D eigenvalue weighted by atomic mass is 16.5. The van der Waals surface area contributed by atoms with Crippen molar-refractivity contribution in [2.75, 3.05) is 7.11 Å². The second-order valence-corrected chi connectivity index (χ2v) is 6.51. The summed E-state index contributed by atoms with van der Waals surface area (Å²) in [5.41, 5.74) is 1.18. The van der Waals surface area contributed by atoms with Gasteiger partial charge in [0.15, 0.2) is 0 Å². The quantitative estimate of drug-likeness (QED) is 0.769. The third-order valence-electron chi connectivity index (χ3n) is 5.28. The van der Waals surface area contributed by atoms with Gasteiger partial charge in [-0.1, -0.05) is 57.5 Å². The summed E-state index contributed by atoms with van der Waals surface area (Å²) < 4.78 is 11.2. The van der Waals surface area contributed by atoms with Crippen LogP contribution in [0, 0.1) is 23.7 Å². The van der Waals surface area contributed by atoms with Crippen LogP contribution in [-0.4, -0.2) is 19.2 Å². The maximum Gasteiger partial charge on any atom is 0.309 e. The first-order valence-corrected chi connectivity index (χ1v) is 8.31. The summed E-state index contributed by atoms with van der Waals surface area (Å²) in [5.74, 6) is 1.03. The Kier molecular flexibility index (Phi) is 6.01. The first kappa shape index (κ1) is 17.0. The number of benzene rings is 1. The smallest absolute Gasteiger partial charge is 0.309 e. The van der Waals surface area contributed by atoms with Crippen LogP contribution < -0.4 is 0 Å². The predicted octanol–water partition coefficient (Wildman–Crippen LogP) is 4.06. The molecule has 1 fully saturated rings. The van der Waals surface area contributed by atoms with E-state index in [2.05, 4.69) is 32.9 Å². The van der Waals surface area contributed by atoms with Crippen LogP contribution in [0.3, 0.4) is 0 Å². The van der Waals surface area contributed by atoms with Crippen molar-refractivity contribution >= 4 is 5.97 Å². The number of carbonyl (C=O) groups is 1. The fourth-order valence-electron chi connectivity index (χ4n) is 3.80. The number of hydrogen-bond donors (Lipinski definition) is 0. The zero-order chi connectivity index (χ0) is 16.1. The van der Waals surface area contributed by atoms with Crippen LogP contribution in [0.1, 0.15) is 39.2 Å². The Labute approximate surface area is 134 Å². The molecular formula is C19H28O3. The number of rotatable bonds is 5. The molecule has 0 aromatic heterocycles. The Balaban J connectivity index is 2.09. The monoisotopic (exact) mass is 304 g/mol. The highest BCUT2D eigenvalue weighted by molar-refractivity contribution is 5.72. The average molecular weight is 304 g/mol. The number of methoxy groups -OCH3 is 1. The Hall–Kier alpha value is -1.35. The highest BCUT2D eigenvalue weighted by Gasteiger charge is 2.43. The Morgan fingerprint density at radius 2 is 1.86 bits per heavy atom. The van der Waals surface area contributed by atoms with E-state index in [-0.39, 0.29) is 23.9 Å². The van der Waals surface area contributed by atoms with Gasteiger partial charge in [0.2, 0.25) is 0 Å². The molecule has 0 N–H and O–H groups in total. The SMILES string of the molecule is CC[C@H]1C[C@@H](C(=O)OC)[C@H](C)[C@@H](OCc2ccccc2)[C@@H]1C. The molecule has 1 aliphatic carbocycles. The maximum atomic E-state index is 12.1. The predicted molar refractivity (Wildman–Crippen MR) is 87.3 cm³/mol. The van der Waals surface area contributed by atoms with Crippen LogP contribution in [0.25, 0.3) is 0 Å². The molecule has 0 unspecified atom stereocenters. The zero-order valence-corrected chi connectivity index (χ0v) is 14.1. The number of hydrogen-bond acceptors (Lipinski definition) is 3. The standard InChI is InChI=1S/C19H28O3/c1-5-16-11-17(19(20)21-4)14(3)18(13(16)2)22-12-15-9-7-6-8-10-15/h6-10,13-14,16-18H,5,11-12H2,1-4H3/t13-,14+,16+,17-,18+/m1/s1. The van der Waals surface area contributed by atoms with Gasteiger partial charge in [0.25, 0.3) is 0 Å². The molecule has 5 atom stereocenters. The minimum Gasteiger partial charge on any atom is -0.469 e. The molecule has 2 rings (SSSR count). The van der Waals surface area contributed by atoms with Crippen LogP contribution >= 0.6 is 0 Å². The minimum atomic E-state index is -0.0915. The summed E-state index contributed by atoms with van der Waals surface area (Å²) in [5, 5.41) is 0. The van der Waals surface area contributed by atoms with Gasteiger partial charge in [0.05, 0.1) is 25.7 Å². The maximum absolute atomic E-state index is 12.1. The molecule has 1 aromatic rings. The molecule has 1 saturated carbocycles. The zero-order valence-electron chi connectivity index (χ0n) is 14.1. The minimum absolute atomic E-state index is 0.0491. The summed E-state index contributed by atoms with van der Waals surface area (Å²) in [4.78, 5) is 12.1. The third-order valence-corrected chi connectivity index (χ3v) is 5.28. The fraction of sp³-hybridized carbons (Fsp3) is 0.632. The molecule has 3 nitrogen and oxygen atoms in total. The summed E-state index contributed by atoms with van der Waals surface area (Å²) in [7, 11) is 1.48. The van der Waals surface area contributed by atoms with Crippen molar-refractivity contribution in [2.24, 2.45) is 23.7 Å². The van der Waals surface area contributed by atoms with E-state index in [0.717, 1.165) is 12.8 Å². The molecule has 1 aromatic carbocycles. The van der Waals surface area contributed by atoms with E-state index >= 15 is 0 Å². The first-order chi connectivity index (χ1) is 10.6. The molecular weight excluding hydrogens is 276 g/mol.